The van der Waals surface area contributed by atoms with Gasteiger partial charge >= 0.3 is 5.97 Å². The topological polar surface area (TPSA) is 83.1 Å². The molecular formula is C15H16ClNO6. The van der Waals surface area contributed by atoms with Crippen LogP contribution in [0.1, 0.15) is 6.92 Å². The number of methoxy groups -OCH3 is 1. The minimum absolute atomic E-state index is 0.0729. The molecule has 1 heterocycles. The van der Waals surface area contributed by atoms with Crippen molar-refractivity contribution in [3.05, 3.63) is 35.2 Å². The lowest BCUT2D eigenvalue weighted by Gasteiger charge is -2.18. The van der Waals surface area contributed by atoms with Gasteiger partial charge in [0.1, 0.15) is 25.2 Å². The van der Waals surface area contributed by atoms with Crippen molar-refractivity contribution in [2.45, 2.75) is 13.0 Å². The number of benzene rings is 1. The van der Waals surface area contributed by atoms with Gasteiger partial charge in [-0.25, -0.2) is 4.79 Å². The number of ether oxygens (including phenoxy) is 4. The number of carbonyl (C=O) groups excluding carboxylic acids is 2. The van der Waals surface area contributed by atoms with E-state index in [9.17, 15) is 9.59 Å². The van der Waals surface area contributed by atoms with E-state index in [1.54, 1.807) is 12.1 Å². The molecule has 0 aliphatic carbocycles. The van der Waals surface area contributed by atoms with E-state index in [1.807, 2.05) is 0 Å². The second-order valence-electron chi connectivity index (χ2n) is 4.58. The Morgan fingerprint density at radius 1 is 1.35 bits per heavy atom. The van der Waals surface area contributed by atoms with Crippen molar-refractivity contribution >= 4 is 29.2 Å². The van der Waals surface area contributed by atoms with Crippen LogP contribution < -0.4 is 10.1 Å². The van der Waals surface area contributed by atoms with Gasteiger partial charge < -0.3 is 24.3 Å². The third-order valence-corrected chi connectivity index (χ3v) is 3.16. The van der Waals surface area contributed by atoms with Gasteiger partial charge in [0.2, 0.25) is 5.76 Å². The molecule has 1 atom stereocenters. The highest BCUT2D eigenvalue weighted by Gasteiger charge is 2.24. The van der Waals surface area contributed by atoms with Gasteiger partial charge in [-0.3, -0.25) is 4.79 Å². The van der Waals surface area contributed by atoms with Crippen LogP contribution in [0.4, 0.5) is 5.69 Å². The summed E-state index contributed by atoms with van der Waals surface area (Å²) in [5.41, 5.74) is 0.379. The largest absolute Gasteiger partial charge is 0.495 e. The maximum absolute atomic E-state index is 12.1. The Kier molecular flexibility index (Phi) is 5.70. The molecule has 0 fully saturated rings. The molecule has 1 aromatic rings. The summed E-state index contributed by atoms with van der Waals surface area (Å²) in [7, 11) is 1.47. The van der Waals surface area contributed by atoms with Crippen molar-refractivity contribution in [2.75, 3.05) is 25.6 Å². The molecule has 0 aromatic heterocycles. The summed E-state index contributed by atoms with van der Waals surface area (Å²) < 4.78 is 20.2. The van der Waals surface area contributed by atoms with Crippen molar-refractivity contribution in [2.24, 2.45) is 0 Å². The number of esters is 1. The SMILES string of the molecule is COc1ccc(Cl)cc1NC(=O)[C@@H](C)OC(=O)C1=COCCO1. The van der Waals surface area contributed by atoms with E-state index < -0.39 is 18.0 Å². The Morgan fingerprint density at radius 3 is 2.78 bits per heavy atom. The predicted octanol–water partition coefficient (Wildman–Crippen LogP) is 2.11. The molecule has 23 heavy (non-hydrogen) atoms. The third-order valence-electron chi connectivity index (χ3n) is 2.92. The summed E-state index contributed by atoms with van der Waals surface area (Å²) >= 11 is 5.89. The zero-order valence-electron chi connectivity index (χ0n) is 12.6. The summed E-state index contributed by atoms with van der Waals surface area (Å²) in [6.45, 7) is 2.05. The van der Waals surface area contributed by atoms with Gasteiger partial charge in [0.15, 0.2) is 6.10 Å². The molecule has 1 amide bonds. The second-order valence-corrected chi connectivity index (χ2v) is 5.02. The summed E-state index contributed by atoms with van der Waals surface area (Å²) in [4.78, 5) is 24.0. The first-order chi connectivity index (χ1) is 11.0. The number of anilines is 1. The number of hydrogen-bond acceptors (Lipinski definition) is 6. The molecule has 2 rings (SSSR count). The van der Waals surface area contributed by atoms with Crippen LogP contribution in [-0.2, 0) is 23.8 Å². The maximum Gasteiger partial charge on any atom is 0.377 e. The zero-order chi connectivity index (χ0) is 16.8. The molecule has 0 saturated heterocycles. The van der Waals surface area contributed by atoms with E-state index in [-0.39, 0.29) is 12.4 Å². The molecule has 0 saturated carbocycles. The van der Waals surface area contributed by atoms with E-state index in [0.717, 1.165) is 6.26 Å². The Bertz CT molecular complexity index is 630. The third kappa shape index (κ3) is 4.53. The highest BCUT2D eigenvalue weighted by atomic mass is 35.5. The Labute approximate surface area is 138 Å². The normalized spacial score (nSPS) is 14.7. The van der Waals surface area contributed by atoms with Gasteiger partial charge in [0.25, 0.3) is 5.91 Å². The van der Waals surface area contributed by atoms with Gasteiger partial charge in [-0.1, -0.05) is 11.6 Å². The summed E-state index contributed by atoms with van der Waals surface area (Å²) in [6, 6.07) is 4.78. The van der Waals surface area contributed by atoms with Crippen LogP contribution in [0, 0.1) is 0 Å². The molecular weight excluding hydrogens is 326 g/mol. The predicted molar refractivity (Wildman–Crippen MR) is 82.2 cm³/mol. The van der Waals surface area contributed by atoms with Crippen LogP contribution in [0.25, 0.3) is 0 Å². The van der Waals surface area contributed by atoms with Crippen molar-refractivity contribution < 1.29 is 28.5 Å². The number of nitrogens with one attached hydrogen (secondary N) is 1. The number of hydrogen-bond donors (Lipinski definition) is 1. The van der Waals surface area contributed by atoms with Gasteiger partial charge in [-0.05, 0) is 25.1 Å². The van der Waals surface area contributed by atoms with Gasteiger partial charge in [0.05, 0.1) is 12.8 Å². The van der Waals surface area contributed by atoms with Crippen LogP contribution >= 0.6 is 11.6 Å². The highest BCUT2D eigenvalue weighted by Crippen LogP contribution is 2.27. The molecule has 7 nitrogen and oxygen atoms in total. The van der Waals surface area contributed by atoms with E-state index in [0.29, 0.717) is 23.1 Å². The maximum atomic E-state index is 12.1. The summed E-state index contributed by atoms with van der Waals surface area (Å²) in [5.74, 6) is -0.939. The quantitative estimate of drug-likeness (QED) is 0.826. The standard InChI is InChI=1S/C15H16ClNO6/c1-9(23-15(19)13-8-21-5-6-22-13)14(18)17-11-7-10(16)3-4-12(11)20-2/h3-4,7-9H,5-6H2,1-2H3,(H,17,18)/t9-/m1/s1. The van der Waals surface area contributed by atoms with Gasteiger partial charge in [-0.2, -0.15) is 0 Å². The fraction of sp³-hybridized carbons (Fsp3) is 0.333. The molecule has 8 heteroatoms. The number of amides is 1. The second kappa shape index (κ2) is 7.73. The molecule has 124 valence electrons. The molecule has 0 spiro atoms. The first-order valence-electron chi connectivity index (χ1n) is 6.81. The van der Waals surface area contributed by atoms with Crippen LogP contribution in [-0.4, -0.2) is 38.3 Å². The molecule has 1 N–H and O–H groups in total. The minimum atomic E-state index is -1.04. The zero-order valence-corrected chi connectivity index (χ0v) is 13.4. The number of rotatable bonds is 5. The average molecular weight is 342 g/mol. The van der Waals surface area contributed by atoms with Crippen LogP contribution in [0.15, 0.2) is 30.2 Å². The highest BCUT2D eigenvalue weighted by molar-refractivity contribution is 6.31. The summed E-state index contributed by atoms with van der Waals surface area (Å²) in [6.07, 6.45) is 0.119. The van der Waals surface area contributed by atoms with Crippen molar-refractivity contribution in [3.63, 3.8) is 0 Å². The van der Waals surface area contributed by atoms with Gasteiger partial charge in [0, 0.05) is 5.02 Å². The van der Waals surface area contributed by atoms with Crippen LogP contribution in [0.5, 0.6) is 5.75 Å². The molecule has 0 unspecified atom stereocenters. The van der Waals surface area contributed by atoms with E-state index >= 15 is 0 Å². The van der Waals surface area contributed by atoms with Crippen molar-refractivity contribution in [3.8, 4) is 5.75 Å². The molecule has 1 aromatic carbocycles. The Hall–Kier alpha value is -2.41. The summed E-state index contributed by atoms with van der Waals surface area (Å²) in [5, 5.41) is 3.03. The lowest BCUT2D eigenvalue weighted by molar-refractivity contribution is -0.153. The van der Waals surface area contributed by atoms with Gasteiger partial charge in [-0.15, -0.1) is 0 Å². The van der Waals surface area contributed by atoms with E-state index in [1.165, 1.54) is 20.1 Å². The Balaban J connectivity index is 1.98. The lowest BCUT2D eigenvalue weighted by atomic mass is 10.2. The van der Waals surface area contributed by atoms with Crippen molar-refractivity contribution in [1.29, 1.82) is 0 Å². The monoisotopic (exact) mass is 341 g/mol. The first-order valence-corrected chi connectivity index (χ1v) is 7.19. The molecule has 0 bridgehead atoms. The molecule has 0 radical (unpaired) electrons. The van der Waals surface area contributed by atoms with Crippen LogP contribution in [0.2, 0.25) is 5.02 Å². The molecule has 1 aliphatic heterocycles. The minimum Gasteiger partial charge on any atom is -0.495 e. The van der Waals surface area contributed by atoms with Crippen molar-refractivity contribution in [1.82, 2.24) is 0 Å². The fourth-order valence-electron chi connectivity index (χ4n) is 1.76. The van der Waals surface area contributed by atoms with E-state index in [2.05, 4.69) is 5.32 Å². The molecule has 1 aliphatic rings. The first kappa shape index (κ1) is 17.0. The Morgan fingerprint density at radius 2 is 2.13 bits per heavy atom. The smallest absolute Gasteiger partial charge is 0.377 e. The average Bonchev–Trinajstić information content (AvgIpc) is 2.55. The number of halogens is 1. The fourth-order valence-corrected chi connectivity index (χ4v) is 1.93. The van der Waals surface area contributed by atoms with Crippen LogP contribution in [0.3, 0.4) is 0 Å². The lowest BCUT2D eigenvalue weighted by Crippen LogP contribution is -2.31. The van der Waals surface area contributed by atoms with E-state index in [4.69, 9.17) is 30.5 Å². The number of carbonyl (C=O) groups is 2.